The largest absolute Gasteiger partial charge is 0.454 e. The fourth-order valence-electron chi connectivity index (χ4n) is 2.00. The Bertz CT molecular complexity index is 519. The Balaban J connectivity index is 1.64. The summed E-state index contributed by atoms with van der Waals surface area (Å²) < 4.78 is 10.5. The zero-order valence-electron chi connectivity index (χ0n) is 11.7. The van der Waals surface area contributed by atoms with Crippen LogP contribution in [0.5, 0.6) is 11.5 Å². The molecule has 1 aliphatic rings. The van der Waals surface area contributed by atoms with Crippen LogP contribution in [0.1, 0.15) is 25.7 Å². The van der Waals surface area contributed by atoms with Crippen molar-refractivity contribution in [2.24, 2.45) is 5.73 Å². The Morgan fingerprint density at radius 1 is 1.14 bits per heavy atom. The van der Waals surface area contributed by atoms with E-state index in [1.807, 2.05) is 0 Å². The number of amides is 3. The lowest BCUT2D eigenvalue weighted by Crippen LogP contribution is -2.29. The highest BCUT2D eigenvalue weighted by molar-refractivity contribution is 5.91. The molecule has 0 saturated heterocycles. The third kappa shape index (κ3) is 4.87. The number of fused-ring (bicyclic) bond motifs is 1. The summed E-state index contributed by atoms with van der Waals surface area (Å²) in [4.78, 5) is 22.2. The number of benzene rings is 1. The smallest absolute Gasteiger partial charge is 0.312 e. The molecular formula is C14H19N3O4. The number of carbonyl (C=O) groups excluding carboxylic acids is 2. The monoisotopic (exact) mass is 293 g/mol. The SMILES string of the molecule is NC(=O)NCCCCCC(=O)Nc1ccc2c(c1)OCO2. The van der Waals surface area contributed by atoms with Crippen molar-refractivity contribution in [3.8, 4) is 11.5 Å². The number of anilines is 1. The zero-order chi connectivity index (χ0) is 15.1. The third-order valence-corrected chi connectivity index (χ3v) is 3.04. The molecule has 0 unspecified atom stereocenters. The molecule has 7 heteroatoms. The predicted molar refractivity (Wildman–Crippen MR) is 77.2 cm³/mol. The summed E-state index contributed by atoms with van der Waals surface area (Å²) in [7, 11) is 0. The van der Waals surface area contributed by atoms with Crippen LogP contribution in [0.25, 0.3) is 0 Å². The van der Waals surface area contributed by atoms with Gasteiger partial charge in [-0.25, -0.2) is 4.79 Å². The summed E-state index contributed by atoms with van der Waals surface area (Å²) in [6.07, 6.45) is 2.86. The quantitative estimate of drug-likeness (QED) is 0.664. The van der Waals surface area contributed by atoms with E-state index in [1.54, 1.807) is 18.2 Å². The molecule has 0 aliphatic carbocycles. The molecule has 0 aromatic heterocycles. The van der Waals surface area contributed by atoms with Crippen LogP contribution in [0.4, 0.5) is 10.5 Å². The molecule has 1 aliphatic heterocycles. The summed E-state index contributed by atoms with van der Waals surface area (Å²) in [6.45, 7) is 0.755. The Hall–Kier alpha value is -2.44. The first-order valence-electron chi connectivity index (χ1n) is 6.88. The maximum Gasteiger partial charge on any atom is 0.312 e. The summed E-state index contributed by atoms with van der Waals surface area (Å²) in [6, 6.07) is 4.78. The van der Waals surface area contributed by atoms with Crippen LogP contribution in [-0.4, -0.2) is 25.3 Å². The lowest BCUT2D eigenvalue weighted by Gasteiger charge is -2.06. The lowest BCUT2D eigenvalue weighted by molar-refractivity contribution is -0.116. The molecule has 1 aromatic rings. The zero-order valence-corrected chi connectivity index (χ0v) is 11.7. The molecule has 2 rings (SSSR count). The van der Waals surface area contributed by atoms with Crippen molar-refractivity contribution in [2.75, 3.05) is 18.7 Å². The summed E-state index contributed by atoms with van der Waals surface area (Å²) >= 11 is 0. The number of unbranched alkanes of at least 4 members (excludes halogenated alkanes) is 2. The fraction of sp³-hybridized carbons (Fsp3) is 0.429. The van der Waals surface area contributed by atoms with Crippen molar-refractivity contribution in [3.63, 3.8) is 0 Å². The molecule has 114 valence electrons. The second kappa shape index (κ2) is 7.37. The maximum absolute atomic E-state index is 11.8. The molecule has 0 saturated carbocycles. The molecule has 0 spiro atoms. The molecule has 3 amide bonds. The van der Waals surface area contributed by atoms with E-state index in [0.717, 1.165) is 19.3 Å². The van der Waals surface area contributed by atoms with E-state index in [4.69, 9.17) is 15.2 Å². The molecule has 7 nitrogen and oxygen atoms in total. The second-order valence-electron chi connectivity index (χ2n) is 4.72. The Morgan fingerprint density at radius 3 is 2.76 bits per heavy atom. The van der Waals surface area contributed by atoms with Crippen LogP contribution in [0.2, 0.25) is 0 Å². The van der Waals surface area contributed by atoms with Crippen molar-refractivity contribution >= 4 is 17.6 Å². The van der Waals surface area contributed by atoms with Gasteiger partial charge < -0.3 is 25.8 Å². The molecule has 1 aromatic carbocycles. The molecule has 4 N–H and O–H groups in total. The lowest BCUT2D eigenvalue weighted by atomic mass is 10.2. The minimum Gasteiger partial charge on any atom is -0.454 e. The van der Waals surface area contributed by atoms with Crippen LogP contribution < -0.4 is 25.8 Å². The van der Waals surface area contributed by atoms with Crippen molar-refractivity contribution in [3.05, 3.63) is 18.2 Å². The summed E-state index contributed by atoms with van der Waals surface area (Å²) in [5.74, 6) is 1.29. The van der Waals surface area contributed by atoms with Crippen LogP contribution in [0.15, 0.2) is 18.2 Å². The molecule has 1 heterocycles. The number of primary amides is 1. The Morgan fingerprint density at radius 2 is 1.95 bits per heavy atom. The van der Waals surface area contributed by atoms with Gasteiger partial charge in [0.1, 0.15) is 0 Å². The third-order valence-electron chi connectivity index (χ3n) is 3.04. The molecule has 0 atom stereocenters. The van der Waals surface area contributed by atoms with Gasteiger partial charge in [-0.05, 0) is 25.0 Å². The highest BCUT2D eigenvalue weighted by Gasteiger charge is 2.13. The average Bonchev–Trinajstić information content (AvgIpc) is 2.89. The second-order valence-corrected chi connectivity index (χ2v) is 4.72. The van der Waals surface area contributed by atoms with Gasteiger partial charge in [0.15, 0.2) is 11.5 Å². The standard InChI is InChI=1S/C14H19N3O4/c15-14(19)16-7-3-1-2-4-13(18)17-10-5-6-11-12(8-10)21-9-20-11/h5-6,8H,1-4,7,9H2,(H,17,18)(H3,15,16,19). The maximum atomic E-state index is 11.8. The van der Waals surface area contributed by atoms with E-state index in [9.17, 15) is 9.59 Å². The van der Waals surface area contributed by atoms with Gasteiger partial charge in [-0.3, -0.25) is 4.79 Å². The fourth-order valence-corrected chi connectivity index (χ4v) is 2.00. The van der Waals surface area contributed by atoms with Crippen LogP contribution in [-0.2, 0) is 4.79 Å². The molecule has 21 heavy (non-hydrogen) atoms. The first-order chi connectivity index (χ1) is 10.1. The van der Waals surface area contributed by atoms with E-state index in [0.29, 0.717) is 30.2 Å². The van der Waals surface area contributed by atoms with Gasteiger partial charge in [-0.1, -0.05) is 6.42 Å². The van der Waals surface area contributed by atoms with Gasteiger partial charge in [0, 0.05) is 24.7 Å². The minimum atomic E-state index is -0.518. The van der Waals surface area contributed by atoms with Gasteiger partial charge in [-0.2, -0.15) is 0 Å². The average molecular weight is 293 g/mol. The predicted octanol–water partition coefficient (Wildman–Crippen LogP) is 1.58. The first kappa shape index (κ1) is 15.0. The molecular weight excluding hydrogens is 274 g/mol. The van der Waals surface area contributed by atoms with Crippen LogP contribution >= 0.6 is 0 Å². The highest BCUT2D eigenvalue weighted by Crippen LogP contribution is 2.34. The van der Waals surface area contributed by atoms with Crippen molar-refractivity contribution in [2.45, 2.75) is 25.7 Å². The number of hydrogen-bond donors (Lipinski definition) is 3. The number of hydrogen-bond acceptors (Lipinski definition) is 4. The number of rotatable bonds is 7. The summed E-state index contributed by atoms with van der Waals surface area (Å²) in [5, 5.41) is 5.33. The van der Waals surface area contributed by atoms with E-state index in [-0.39, 0.29) is 12.7 Å². The number of ether oxygens (including phenoxy) is 2. The number of urea groups is 1. The molecule has 0 radical (unpaired) electrons. The topological polar surface area (TPSA) is 103 Å². The number of nitrogens with two attached hydrogens (primary N) is 1. The van der Waals surface area contributed by atoms with E-state index in [1.165, 1.54) is 0 Å². The van der Waals surface area contributed by atoms with Gasteiger partial charge in [0.25, 0.3) is 0 Å². The van der Waals surface area contributed by atoms with Crippen LogP contribution in [0, 0.1) is 0 Å². The number of carbonyl (C=O) groups is 2. The number of nitrogens with one attached hydrogen (secondary N) is 2. The normalized spacial score (nSPS) is 12.0. The summed E-state index contributed by atoms with van der Waals surface area (Å²) in [5.41, 5.74) is 5.64. The van der Waals surface area contributed by atoms with Crippen molar-refractivity contribution < 1.29 is 19.1 Å². The Labute approximate surface area is 122 Å². The molecule has 0 bridgehead atoms. The molecule has 0 fully saturated rings. The van der Waals surface area contributed by atoms with Crippen molar-refractivity contribution in [1.29, 1.82) is 0 Å². The van der Waals surface area contributed by atoms with E-state index in [2.05, 4.69) is 10.6 Å². The highest BCUT2D eigenvalue weighted by atomic mass is 16.7. The Kier molecular flexibility index (Phi) is 5.25. The van der Waals surface area contributed by atoms with Gasteiger partial charge in [0.2, 0.25) is 12.7 Å². The van der Waals surface area contributed by atoms with E-state index >= 15 is 0 Å². The van der Waals surface area contributed by atoms with Crippen molar-refractivity contribution in [1.82, 2.24) is 5.32 Å². The first-order valence-corrected chi connectivity index (χ1v) is 6.88. The van der Waals surface area contributed by atoms with Gasteiger partial charge >= 0.3 is 6.03 Å². The van der Waals surface area contributed by atoms with Gasteiger partial charge in [0.05, 0.1) is 0 Å². The van der Waals surface area contributed by atoms with Crippen LogP contribution in [0.3, 0.4) is 0 Å². The van der Waals surface area contributed by atoms with Gasteiger partial charge in [-0.15, -0.1) is 0 Å². The van der Waals surface area contributed by atoms with E-state index < -0.39 is 6.03 Å². The minimum absolute atomic E-state index is 0.0447.